The maximum atomic E-state index is 4.67. The maximum Gasteiger partial charge on any atom is 0.132 e. The van der Waals surface area contributed by atoms with Gasteiger partial charge in [-0.2, -0.15) is 0 Å². The van der Waals surface area contributed by atoms with Crippen LogP contribution in [-0.4, -0.2) is 17.6 Å². The number of nitrogens with zero attached hydrogens (tertiary/aromatic N) is 2. The molecule has 0 aromatic carbocycles. The summed E-state index contributed by atoms with van der Waals surface area (Å²) < 4.78 is 0. The lowest BCUT2D eigenvalue weighted by Gasteiger charge is -2.32. The highest BCUT2D eigenvalue weighted by Crippen LogP contribution is 2.30. The zero-order valence-corrected chi connectivity index (χ0v) is 13.7. The first kappa shape index (κ1) is 14.8. The van der Waals surface area contributed by atoms with Gasteiger partial charge in [0.2, 0.25) is 0 Å². The summed E-state index contributed by atoms with van der Waals surface area (Å²) in [5.41, 5.74) is 1.32. The van der Waals surface area contributed by atoms with Crippen LogP contribution in [0.5, 0.6) is 0 Å². The number of rotatable bonds is 6. The lowest BCUT2D eigenvalue weighted by Crippen LogP contribution is -2.36. The van der Waals surface area contributed by atoms with E-state index in [0.29, 0.717) is 6.04 Å². The third kappa shape index (κ3) is 3.95. The molecular formula is C16H25BrN2. The van der Waals surface area contributed by atoms with Crippen molar-refractivity contribution in [3.63, 3.8) is 0 Å². The van der Waals surface area contributed by atoms with Crippen molar-refractivity contribution in [3.05, 3.63) is 23.9 Å². The molecule has 1 aromatic rings. The minimum Gasteiger partial charge on any atom is -0.353 e. The quantitative estimate of drug-likeness (QED) is 0.700. The SMILES string of the molecule is CC(C)CCN(c1ncccc1CBr)C1CCCC1. The minimum absolute atomic E-state index is 0.700. The number of pyridine rings is 1. The molecule has 0 spiro atoms. The van der Waals surface area contributed by atoms with Gasteiger partial charge in [-0.25, -0.2) is 4.98 Å². The number of hydrogen-bond acceptors (Lipinski definition) is 2. The van der Waals surface area contributed by atoms with Gasteiger partial charge in [-0.1, -0.05) is 48.7 Å². The predicted octanol–water partition coefficient (Wildman–Crippen LogP) is 4.77. The Bertz CT molecular complexity index is 386. The van der Waals surface area contributed by atoms with Crippen LogP contribution in [0.4, 0.5) is 5.82 Å². The Morgan fingerprint density at radius 1 is 1.37 bits per heavy atom. The summed E-state index contributed by atoms with van der Waals surface area (Å²) in [7, 11) is 0. The molecule has 3 heteroatoms. The Morgan fingerprint density at radius 2 is 2.11 bits per heavy atom. The van der Waals surface area contributed by atoms with E-state index in [4.69, 9.17) is 0 Å². The van der Waals surface area contributed by atoms with Crippen molar-refractivity contribution in [1.29, 1.82) is 0 Å². The van der Waals surface area contributed by atoms with Crippen LogP contribution in [0.15, 0.2) is 18.3 Å². The third-order valence-electron chi connectivity index (χ3n) is 4.00. The third-order valence-corrected chi connectivity index (χ3v) is 4.60. The fourth-order valence-corrected chi connectivity index (χ4v) is 3.31. The smallest absolute Gasteiger partial charge is 0.132 e. The van der Waals surface area contributed by atoms with Gasteiger partial charge in [-0.3, -0.25) is 0 Å². The molecule has 106 valence electrons. The van der Waals surface area contributed by atoms with Crippen LogP contribution < -0.4 is 4.90 Å². The second kappa shape index (κ2) is 7.28. The van der Waals surface area contributed by atoms with E-state index >= 15 is 0 Å². The molecule has 1 aromatic heterocycles. The van der Waals surface area contributed by atoms with Crippen LogP contribution in [0.2, 0.25) is 0 Å². The summed E-state index contributed by atoms with van der Waals surface area (Å²) in [4.78, 5) is 7.24. The number of anilines is 1. The number of alkyl halides is 1. The lowest BCUT2D eigenvalue weighted by molar-refractivity contribution is 0.524. The molecule has 19 heavy (non-hydrogen) atoms. The van der Waals surface area contributed by atoms with Crippen LogP contribution in [-0.2, 0) is 5.33 Å². The second-order valence-electron chi connectivity index (χ2n) is 5.93. The van der Waals surface area contributed by atoms with Gasteiger partial charge in [0, 0.05) is 29.7 Å². The molecule has 2 rings (SSSR count). The minimum atomic E-state index is 0.700. The molecule has 0 N–H and O–H groups in total. The molecule has 0 atom stereocenters. The number of halogens is 1. The first-order valence-electron chi connectivity index (χ1n) is 7.49. The Labute approximate surface area is 125 Å². The van der Waals surface area contributed by atoms with E-state index in [9.17, 15) is 0 Å². The average molecular weight is 325 g/mol. The zero-order chi connectivity index (χ0) is 13.7. The summed E-state index contributed by atoms with van der Waals surface area (Å²) in [5.74, 6) is 1.95. The van der Waals surface area contributed by atoms with Crippen molar-refractivity contribution in [2.24, 2.45) is 5.92 Å². The van der Waals surface area contributed by atoms with Crippen LogP contribution in [0.25, 0.3) is 0 Å². The van der Waals surface area contributed by atoms with Gasteiger partial charge >= 0.3 is 0 Å². The van der Waals surface area contributed by atoms with E-state index in [0.717, 1.165) is 17.8 Å². The Balaban J connectivity index is 2.19. The Kier molecular flexibility index (Phi) is 5.68. The van der Waals surface area contributed by atoms with Gasteiger partial charge in [0.05, 0.1) is 0 Å². The second-order valence-corrected chi connectivity index (χ2v) is 6.49. The van der Waals surface area contributed by atoms with Gasteiger partial charge in [0.15, 0.2) is 0 Å². The molecular weight excluding hydrogens is 300 g/mol. The van der Waals surface area contributed by atoms with Crippen molar-refractivity contribution in [1.82, 2.24) is 4.98 Å². The van der Waals surface area contributed by atoms with E-state index in [1.54, 1.807) is 0 Å². The Morgan fingerprint density at radius 3 is 2.74 bits per heavy atom. The maximum absolute atomic E-state index is 4.67. The number of aromatic nitrogens is 1. The monoisotopic (exact) mass is 324 g/mol. The molecule has 0 amide bonds. The topological polar surface area (TPSA) is 16.1 Å². The Hall–Kier alpha value is -0.570. The highest BCUT2D eigenvalue weighted by Gasteiger charge is 2.25. The highest BCUT2D eigenvalue weighted by molar-refractivity contribution is 9.08. The molecule has 2 nitrogen and oxygen atoms in total. The van der Waals surface area contributed by atoms with Crippen molar-refractivity contribution in [3.8, 4) is 0 Å². The standard InChI is InChI=1S/C16H25BrN2/c1-13(2)9-11-19(15-7-3-4-8-15)16-14(12-17)6-5-10-18-16/h5-6,10,13,15H,3-4,7-9,11-12H2,1-2H3. The lowest BCUT2D eigenvalue weighted by atomic mass is 10.1. The molecule has 1 aliphatic rings. The summed E-state index contributed by atoms with van der Waals surface area (Å²) in [5, 5.41) is 0.890. The van der Waals surface area contributed by atoms with Gasteiger partial charge in [0.25, 0.3) is 0 Å². The summed E-state index contributed by atoms with van der Waals surface area (Å²) in [6, 6.07) is 4.93. The predicted molar refractivity (Wildman–Crippen MR) is 85.9 cm³/mol. The van der Waals surface area contributed by atoms with E-state index in [2.05, 4.69) is 45.7 Å². The normalized spacial score (nSPS) is 16.2. The van der Waals surface area contributed by atoms with Gasteiger partial charge in [-0.15, -0.1) is 0 Å². The molecule has 0 saturated heterocycles. The molecule has 1 saturated carbocycles. The fraction of sp³-hybridized carbons (Fsp3) is 0.688. The molecule has 1 aliphatic carbocycles. The fourth-order valence-electron chi connectivity index (χ4n) is 2.87. The molecule has 1 fully saturated rings. The number of hydrogen-bond donors (Lipinski definition) is 0. The molecule has 1 heterocycles. The van der Waals surface area contributed by atoms with Crippen LogP contribution in [0.3, 0.4) is 0 Å². The summed E-state index contributed by atoms with van der Waals surface area (Å²) in [6.07, 6.45) is 8.58. The molecule has 0 aliphatic heterocycles. The van der Waals surface area contributed by atoms with Crippen LogP contribution in [0, 0.1) is 5.92 Å². The molecule has 0 unspecified atom stereocenters. The van der Waals surface area contributed by atoms with E-state index < -0.39 is 0 Å². The van der Waals surface area contributed by atoms with Crippen molar-refractivity contribution in [2.45, 2.75) is 57.3 Å². The highest BCUT2D eigenvalue weighted by atomic mass is 79.9. The van der Waals surface area contributed by atoms with E-state index in [1.807, 2.05) is 12.3 Å². The van der Waals surface area contributed by atoms with Gasteiger partial charge < -0.3 is 4.90 Å². The van der Waals surface area contributed by atoms with Gasteiger partial charge in [0.1, 0.15) is 5.82 Å². The van der Waals surface area contributed by atoms with Crippen molar-refractivity contribution >= 4 is 21.7 Å². The van der Waals surface area contributed by atoms with E-state index in [1.165, 1.54) is 43.5 Å². The van der Waals surface area contributed by atoms with Crippen LogP contribution in [0.1, 0.15) is 51.5 Å². The van der Waals surface area contributed by atoms with Crippen LogP contribution >= 0.6 is 15.9 Å². The molecule has 0 radical (unpaired) electrons. The van der Waals surface area contributed by atoms with E-state index in [-0.39, 0.29) is 0 Å². The largest absolute Gasteiger partial charge is 0.353 e. The summed E-state index contributed by atoms with van der Waals surface area (Å²) >= 11 is 3.60. The molecule has 0 bridgehead atoms. The average Bonchev–Trinajstić information content (AvgIpc) is 2.93. The van der Waals surface area contributed by atoms with Crippen molar-refractivity contribution in [2.75, 3.05) is 11.4 Å². The summed E-state index contributed by atoms with van der Waals surface area (Å²) in [6.45, 7) is 5.74. The first-order chi connectivity index (χ1) is 9.22. The first-order valence-corrected chi connectivity index (χ1v) is 8.61. The van der Waals surface area contributed by atoms with Crippen molar-refractivity contribution < 1.29 is 0 Å². The van der Waals surface area contributed by atoms with Gasteiger partial charge in [-0.05, 0) is 31.2 Å². The zero-order valence-electron chi connectivity index (χ0n) is 12.1.